The molecular weight excluding hydrogens is 364 g/mol. The Balaban J connectivity index is 4.34. The molecule has 0 bridgehead atoms. The number of hydrogen-bond acceptors (Lipinski definition) is 5. The van der Waals surface area contributed by atoms with E-state index in [0.717, 1.165) is 51.4 Å². The summed E-state index contributed by atoms with van der Waals surface area (Å²) in [5.41, 5.74) is 3.29. The highest BCUT2D eigenvalue weighted by molar-refractivity contribution is 4.69. The normalized spacial score (nSPS) is 15.0. The molecule has 0 aliphatic rings. The van der Waals surface area contributed by atoms with Gasteiger partial charge >= 0.3 is 0 Å². The first-order chi connectivity index (χ1) is 14.0. The Labute approximate surface area is 181 Å². The first kappa shape index (κ1) is 28.8. The Bertz CT molecular complexity index is 311. The van der Waals surface area contributed by atoms with Gasteiger partial charge in [-0.15, -0.1) is 0 Å². The molecule has 0 saturated heterocycles. The third-order valence-electron chi connectivity index (χ3n) is 5.59. The zero-order valence-electron chi connectivity index (χ0n) is 19.7. The van der Waals surface area contributed by atoms with Crippen LogP contribution in [0.15, 0.2) is 0 Å². The number of aliphatic hydroxyl groups is 3. The molecule has 4 N–H and O–H groups in total. The quantitative estimate of drug-likeness (QED) is 0.151. The number of hydrazine groups is 1. The molecule has 0 radical (unpaired) electrons. The van der Waals surface area contributed by atoms with Crippen molar-refractivity contribution in [1.82, 2.24) is 10.4 Å². The fraction of sp³-hybridized carbons (Fsp3) is 1.00. The van der Waals surface area contributed by atoms with Crippen LogP contribution in [0.3, 0.4) is 0 Å². The maximum Gasteiger partial charge on any atom is 0.0681 e. The summed E-state index contributed by atoms with van der Waals surface area (Å²) in [6.07, 6.45) is 15.1. The van der Waals surface area contributed by atoms with Gasteiger partial charge in [-0.05, 0) is 19.3 Å². The fourth-order valence-corrected chi connectivity index (χ4v) is 3.65. The summed E-state index contributed by atoms with van der Waals surface area (Å²) in [6.45, 7) is 8.06. The van der Waals surface area contributed by atoms with E-state index in [1.807, 2.05) is 5.01 Å². The SMILES string of the molecule is CCCCCCC(O)CNN(CC(O)CCCCCC)CC(O)CCCCCC. The summed E-state index contributed by atoms with van der Waals surface area (Å²) in [6, 6.07) is 0. The molecule has 176 valence electrons. The molecule has 0 spiro atoms. The third kappa shape index (κ3) is 19.5. The summed E-state index contributed by atoms with van der Waals surface area (Å²) >= 11 is 0. The van der Waals surface area contributed by atoms with E-state index in [1.54, 1.807) is 0 Å². The molecule has 5 heteroatoms. The highest BCUT2D eigenvalue weighted by atomic mass is 16.3. The molecule has 0 aromatic rings. The lowest BCUT2D eigenvalue weighted by Gasteiger charge is -2.29. The van der Waals surface area contributed by atoms with Crippen LogP contribution in [0.1, 0.15) is 117 Å². The Morgan fingerprint density at radius 1 is 0.552 bits per heavy atom. The van der Waals surface area contributed by atoms with Gasteiger partial charge in [-0.2, -0.15) is 0 Å². The fourth-order valence-electron chi connectivity index (χ4n) is 3.65. The number of unbranched alkanes of at least 4 members (excludes halogenated alkanes) is 9. The van der Waals surface area contributed by atoms with Crippen LogP contribution in [0.4, 0.5) is 0 Å². The number of nitrogens with one attached hydrogen (secondary N) is 1. The van der Waals surface area contributed by atoms with Gasteiger partial charge in [0.2, 0.25) is 0 Å². The van der Waals surface area contributed by atoms with Gasteiger partial charge in [0.25, 0.3) is 0 Å². The molecule has 0 aliphatic heterocycles. The Morgan fingerprint density at radius 3 is 1.31 bits per heavy atom. The molecule has 0 amide bonds. The van der Waals surface area contributed by atoms with Gasteiger partial charge in [0.1, 0.15) is 0 Å². The summed E-state index contributed by atoms with van der Waals surface area (Å²) in [7, 11) is 0. The minimum Gasteiger partial charge on any atom is -0.392 e. The van der Waals surface area contributed by atoms with Gasteiger partial charge < -0.3 is 15.3 Å². The van der Waals surface area contributed by atoms with E-state index in [0.29, 0.717) is 19.6 Å². The minimum atomic E-state index is -0.395. The van der Waals surface area contributed by atoms with Crippen LogP contribution < -0.4 is 5.43 Å². The third-order valence-corrected chi connectivity index (χ3v) is 5.59. The van der Waals surface area contributed by atoms with Crippen molar-refractivity contribution in [3.63, 3.8) is 0 Å². The van der Waals surface area contributed by atoms with Crippen molar-refractivity contribution >= 4 is 0 Å². The lowest BCUT2D eigenvalue weighted by atomic mass is 10.1. The zero-order valence-corrected chi connectivity index (χ0v) is 19.7. The largest absolute Gasteiger partial charge is 0.392 e. The topological polar surface area (TPSA) is 76.0 Å². The Kier molecular flexibility index (Phi) is 20.9. The lowest BCUT2D eigenvalue weighted by molar-refractivity contribution is 0.0205. The molecule has 0 rings (SSSR count). The van der Waals surface area contributed by atoms with E-state index in [-0.39, 0.29) is 6.10 Å². The van der Waals surface area contributed by atoms with Gasteiger partial charge in [0.15, 0.2) is 0 Å². The molecule has 0 aromatic carbocycles. The maximum atomic E-state index is 10.4. The van der Waals surface area contributed by atoms with E-state index < -0.39 is 12.2 Å². The van der Waals surface area contributed by atoms with Crippen LogP contribution in [0.25, 0.3) is 0 Å². The smallest absolute Gasteiger partial charge is 0.0681 e. The second-order valence-corrected chi connectivity index (χ2v) is 8.78. The van der Waals surface area contributed by atoms with Gasteiger partial charge in [-0.25, -0.2) is 5.01 Å². The maximum absolute atomic E-state index is 10.4. The molecule has 0 fully saturated rings. The van der Waals surface area contributed by atoms with E-state index >= 15 is 0 Å². The highest BCUT2D eigenvalue weighted by Gasteiger charge is 2.17. The molecular formula is C24H52N2O3. The summed E-state index contributed by atoms with van der Waals surface area (Å²) in [5, 5.41) is 33.0. The summed E-state index contributed by atoms with van der Waals surface area (Å²) < 4.78 is 0. The molecule has 0 aromatic heterocycles. The van der Waals surface area contributed by atoms with Crippen molar-refractivity contribution in [2.24, 2.45) is 0 Å². The van der Waals surface area contributed by atoms with Crippen LogP contribution in [-0.2, 0) is 0 Å². The van der Waals surface area contributed by atoms with Crippen molar-refractivity contribution in [1.29, 1.82) is 0 Å². The average molecular weight is 417 g/mol. The lowest BCUT2D eigenvalue weighted by Crippen LogP contribution is -2.49. The highest BCUT2D eigenvalue weighted by Crippen LogP contribution is 2.10. The van der Waals surface area contributed by atoms with Crippen molar-refractivity contribution in [2.45, 2.75) is 135 Å². The van der Waals surface area contributed by atoms with Gasteiger partial charge in [0, 0.05) is 19.6 Å². The van der Waals surface area contributed by atoms with Crippen molar-refractivity contribution in [2.75, 3.05) is 19.6 Å². The number of hydrogen-bond donors (Lipinski definition) is 4. The molecule has 29 heavy (non-hydrogen) atoms. The molecule has 3 atom stereocenters. The molecule has 5 nitrogen and oxygen atoms in total. The molecule has 0 aliphatic carbocycles. The van der Waals surface area contributed by atoms with E-state index in [2.05, 4.69) is 26.2 Å². The predicted molar refractivity (Wildman–Crippen MR) is 124 cm³/mol. The number of aliphatic hydroxyl groups excluding tert-OH is 3. The Morgan fingerprint density at radius 2 is 0.931 bits per heavy atom. The molecule has 0 heterocycles. The van der Waals surface area contributed by atoms with E-state index in [4.69, 9.17) is 0 Å². The standard InChI is InChI=1S/C24H52N2O3/c1-4-7-10-13-16-22(27)19-25-26(20-23(28)17-14-11-8-5-2)21-24(29)18-15-12-9-6-3/h22-25,27-29H,4-21H2,1-3H3. The van der Waals surface area contributed by atoms with Crippen molar-refractivity contribution in [3.05, 3.63) is 0 Å². The molecule has 3 unspecified atom stereocenters. The van der Waals surface area contributed by atoms with Crippen LogP contribution >= 0.6 is 0 Å². The van der Waals surface area contributed by atoms with Crippen LogP contribution in [0.2, 0.25) is 0 Å². The number of nitrogens with zero attached hydrogens (tertiary/aromatic N) is 1. The van der Waals surface area contributed by atoms with Crippen molar-refractivity contribution in [3.8, 4) is 0 Å². The van der Waals surface area contributed by atoms with E-state index in [9.17, 15) is 15.3 Å². The van der Waals surface area contributed by atoms with Gasteiger partial charge in [-0.3, -0.25) is 5.43 Å². The van der Waals surface area contributed by atoms with Crippen molar-refractivity contribution < 1.29 is 15.3 Å². The second-order valence-electron chi connectivity index (χ2n) is 8.78. The van der Waals surface area contributed by atoms with Crippen LogP contribution in [-0.4, -0.2) is 58.3 Å². The number of rotatable bonds is 22. The predicted octanol–water partition coefficient (Wildman–Crippen LogP) is 4.79. The van der Waals surface area contributed by atoms with E-state index in [1.165, 1.54) is 44.9 Å². The zero-order chi connectivity index (χ0) is 21.7. The second kappa shape index (κ2) is 21.0. The minimum absolute atomic E-state index is 0.377. The van der Waals surface area contributed by atoms with Gasteiger partial charge in [-0.1, -0.05) is 97.8 Å². The average Bonchev–Trinajstić information content (AvgIpc) is 2.70. The van der Waals surface area contributed by atoms with Gasteiger partial charge in [0.05, 0.1) is 18.3 Å². The summed E-state index contributed by atoms with van der Waals surface area (Å²) in [4.78, 5) is 0. The Hall–Kier alpha value is -0.200. The first-order valence-corrected chi connectivity index (χ1v) is 12.6. The van der Waals surface area contributed by atoms with Crippen LogP contribution in [0.5, 0.6) is 0 Å². The van der Waals surface area contributed by atoms with Crippen LogP contribution in [0, 0.1) is 0 Å². The monoisotopic (exact) mass is 416 g/mol. The first-order valence-electron chi connectivity index (χ1n) is 12.6. The molecule has 0 saturated carbocycles. The summed E-state index contributed by atoms with van der Waals surface area (Å²) in [5.74, 6) is 0.